The van der Waals surface area contributed by atoms with Gasteiger partial charge in [0.2, 0.25) is 0 Å². The molecule has 3 N–H and O–H groups in total. The van der Waals surface area contributed by atoms with Crippen molar-refractivity contribution in [2.45, 2.75) is 0 Å². The van der Waals surface area contributed by atoms with Gasteiger partial charge < -0.3 is 10.7 Å². The molecule has 0 spiro atoms. The van der Waals surface area contributed by atoms with E-state index in [0.29, 0.717) is 27.3 Å². The van der Waals surface area contributed by atoms with Gasteiger partial charge in [-0.05, 0) is 30.3 Å². The molecule has 2 heterocycles. The molecule has 0 bridgehead atoms. The van der Waals surface area contributed by atoms with E-state index in [1.807, 2.05) is 0 Å². The van der Waals surface area contributed by atoms with Gasteiger partial charge in [0.05, 0.1) is 11.1 Å². The lowest BCUT2D eigenvalue weighted by atomic mass is 10.2. The second-order valence-electron chi connectivity index (χ2n) is 3.82. The van der Waals surface area contributed by atoms with E-state index < -0.39 is 0 Å². The molecule has 0 aliphatic heterocycles. The molecule has 0 amide bonds. The predicted octanol–water partition coefficient (Wildman–Crippen LogP) is 3.11. The molecule has 0 saturated heterocycles. The SMILES string of the molecule is Nc1ccc2[nH]c(-c3ccc(Br)cc3F)nc2n1. The topological polar surface area (TPSA) is 67.6 Å². The summed E-state index contributed by atoms with van der Waals surface area (Å²) in [5.41, 5.74) is 7.18. The third-order valence-electron chi connectivity index (χ3n) is 2.55. The maximum absolute atomic E-state index is 13.8. The summed E-state index contributed by atoms with van der Waals surface area (Å²) < 4.78 is 14.5. The van der Waals surface area contributed by atoms with Crippen molar-refractivity contribution >= 4 is 32.9 Å². The average Bonchev–Trinajstić information content (AvgIpc) is 2.71. The van der Waals surface area contributed by atoms with Gasteiger partial charge >= 0.3 is 0 Å². The monoisotopic (exact) mass is 306 g/mol. The first-order chi connectivity index (χ1) is 8.63. The molecular formula is C12H8BrFN4. The minimum Gasteiger partial charge on any atom is -0.384 e. The number of nitrogens with zero attached hydrogens (tertiary/aromatic N) is 2. The van der Waals surface area contributed by atoms with Gasteiger partial charge in [-0.15, -0.1) is 0 Å². The molecule has 0 aliphatic rings. The van der Waals surface area contributed by atoms with Crippen molar-refractivity contribution in [3.63, 3.8) is 0 Å². The molecule has 0 radical (unpaired) electrons. The lowest BCUT2D eigenvalue weighted by Gasteiger charge is -1.99. The molecule has 0 atom stereocenters. The quantitative estimate of drug-likeness (QED) is 0.726. The first-order valence-electron chi connectivity index (χ1n) is 5.21. The lowest BCUT2D eigenvalue weighted by molar-refractivity contribution is 0.629. The number of hydrogen-bond donors (Lipinski definition) is 2. The van der Waals surface area contributed by atoms with Crippen LogP contribution in [-0.2, 0) is 0 Å². The summed E-state index contributed by atoms with van der Waals surface area (Å²) >= 11 is 3.21. The number of aromatic amines is 1. The van der Waals surface area contributed by atoms with E-state index in [2.05, 4.69) is 30.9 Å². The van der Waals surface area contributed by atoms with Crippen LogP contribution in [0.3, 0.4) is 0 Å². The number of benzene rings is 1. The number of rotatable bonds is 1. The van der Waals surface area contributed by atoms with Crippen LogP contribution in [0.1, 0.15) is 0 Å². The van der Waals surface area contributed by atoms with Crippen molar-refractivity contribution in [3.05, 3.63) is 40.6 Å². The van der Waals surface area contributed by atoms with Crippen LogP contribution < -0.4 is 5.73 Å². The molecular weight excluding hydrogens is 299 g/mol. The Morgan fingerprint density at radius 1 is 1.17 bits per heavy atom. The van der Waals surface area contributed by atoms with Crippen molar-refractivity contribution in [2.24, 2.45) is 0 Å². The van der Waals surface area contributed by atoms with Crippen LogP contribution in [0, 0.1) is 5.82 Å². The minimum atomic E-state index is -0.351. The first kappa shape index (κ1) is 11.2. The number of anilines is 1. The van der Waals surface area contributed by atoms with Crippen LogP contribution in [0.5, 0.6) is 0 Å². The Kier molecular flexibility index (Phi) is 2.52. The molecule has 3 aromatic rings. The maximum atomic E-state index is 13.8. The Labute approximate surface area is 110 Å². The Morgan fingerprint density at radius 3 is 2.78 bits per heavy atom. The molecule has 2 aromatic heterocycles. The van der Waals surface area contributed by atoms with Crippen LogP contribution in [0.25, 0.3) is 22.6 Å². The third-order valence-corrected chi connectivity index (χ3v) is 3.05. The average molecular weight is 307 g/mol. The van der Waals surface area contributed by atoms with Crippen molar-refractivity contribution in [2.75, 3.05) is 5.73 Å². The van der Waals surface area contributed by atoms with Crippen LogP contribution in [0.4, 0.5) is 10.2 Å². The molecule has 3 rings (SSSR count). The summed E-state index contributed by atoms with van der Waals surface area (Å²) in [6.07, 6.45) is 0. The number of aromatic nitrogens is 3. The zero-order chi connectivity index (χ0) is 12.7. The lowest BCUT2D eigenvalue weighted by Crippen LogP contribution is -1.88. The van der Waals surface area contributed by atoms with Crippen LogP contribution >= 0.6 is 15.9 Å². The van der Waals surface area contributed by atoms with Gasteiger partial charge in [-0.25, -0.2) is 14.4 Å². The van der Waals surface area contributed by atoms with E-state index >= 15 is 0 Å². The van der Waals surface area contributed by atoms with E-state index in [-0.39, 0.29) is 5.82 Å². The van der Waals surface area contributed by atoms with Crippen molar-refractivity contribution in [1.82, 2.24) is 15.0 Å². The second kappa shape index (κ2) is 4.06. The van der Waals surface area contributed by atoms with Crippen molar-refractivity contribution < 1.29 is 4.39 Å². The van der Waals surface area contributed by atoms with E-state index in [9.17, 15) is 4.39 Å². The molecule has 0 aliphatic carbocycles. The van der Waals surface area contributed by atoms with Gasteiger partial charge in [0.1, 0.15) is 17.5 Å². The number of nitrogens with two attached hydrogens (primary N) is 1. The molecule has 18 heavy (non-hydrogen) atoms. The number of fused-ring (bicyclic) bond motifs is 1. The molecule has 0 fully saturated rings. The number of halogens is 2. The van der Waals surface area contributed by atoms with Gasteiger partial charge in [-0.1, -0.05) is 15.9 Å². The van der Waals surface area contributed by atoms with Gasteiger partial charge in [0.15, 0.2) is 5.65 Å². The van der Waals surface area contributed by atoms with E-state index in [1.54, 1.807) is 24.3 Å². The van der Waals surface area contributed by atoms with Crippen LogP contribution in [0.2, 0.25) is 0 Å². The Balaban J connectivity index is 2.19. The van der Waals surface area contributed by atoms with E-state index in [0.717, 1.165) is 5.52 Å². The number of imidazole rings is 1. The third kappa shape index (κ3) is 1.84. The highest BCUT2D eigenvalue weighted by molar-refractivity contribution is 9.10. The highest BCUT2D eigenvalue weighted by atomic mass is 79.9. The Bertz CT molecular complexity index is 738. The first-order valence-corrected chi connectivity index (χ1v) is 6.00. The highest BCUT2D eigenvalue weighted by Gasteiger charge is 2.11. The summed E-state index contributed by atoms with van der Waals surface area (Å²) in [4.78, 5) is 11.3. The van der Waals surface area contributed by atoms with Crippen LogP contribution in [0.15, 0.2) is 34.8 Å². The zero-order valence-corrected chi connectivity index (χ0v) is 10.7. The van der Waals surface area contributed by atoms with E-state index in [4.69, 9.17) is 5.73 Å². The number of nitrogens with one attached hydrogen (secondary N) is 1. The van der Waals surface area contributed by atoms with Gasteiger partial charge in [0, 0.05) is 4.47 Å². The number of hydrogen-bond acceptors (Lipinski definition) is 3. The van der Waals surface area contributed by atoms with E-state index in [1.165, 1.54) is 6.07 Å². The van der Waals surface area contributed by atoms with Gasteiger partial charge in [-0.2, -0.15) is 0 Å². The molecule has 0 saturated carbocycles. The zero-order valence-electron chi connectivity index (χ0n) is 9.11. The predicted molar refractivity (Wildman–Crippen MR) is 71.4 cm³/mol. The van der Waals surface area contributed by atoms with Gasteiger partial charge in [0.25, 0.3) is 0 Å². The summed E-state index contributed by atoms with van der Waals surface area (Å²) in [6, 6.07) is 8.24. The fourth-order valence-corrected chi connectivity index (χ4v) is 2.05. The Morgan fingerprint density at radius 2 is 2.00 bits per heavy atom. The molecule has 6 heteroatoms. The fraction of sp³-hybridized carbons (Fsp3) is 0. The fourth-order valence-electron chi connectivity index (χ4n) is 1.72. The minimum absolute atomic E-state index is 0.351. The number of nitrogen functional groups attached to an aromatic ring is 1. The molecule has 90 valence electrons. The normalized spacial score (nSPS) is 11.0. The smallest absolute Gasteiger partial charge is 0.180 e. The molecule has 4 nitrogen and oxygen atoms in total. The molecule has 0 unspecified atom stereocenters. The number of H-pyrrole nitrogens is 1. The second-order valence-corrected chi connectivity index (χ2v) is 4.73. The standard InChI is InChI=1S/C12H8BrFN4/c13-6-1-2-7(8(14)5-6)11-16-9-3-4-10(15)17-12(9)18-11/h1-5H,(H3,15,16,17,18). The Hall–Kier alpha value is -1.95. The highest BCUT2D eigenvalue weighted by Crippen LogP contribution is 2.25. The largest absolute Gasteiger partial charge is 0.384 e. The number of pyridine rings is 1. The summed E-state index contributed by atoms with van der Waals surface area (Å²) in [6.45, 7) is 0. The maximum Gasteiger partial charge on any atom is 0.180 e. The van der Waals surface area contributed by atoms with Gasteiger partial charge in [-0.3, -0.25) is 0 Å². The summed E-state index contributed by atoms with van der Waals surface area (Å²) in [7, 11) is 0. The van der Waals surface area contributed by atoms with Crippen molar-refractivity contribution in [3.8, 4) is 11.4 Å². The van der Waals surface area contributed by atoms with Crippen molar-refractivity contribution in [1.29, 1.82) is 0 Å². The van der Waals surface area contributed by atoms with Crippen LogP contribution in [-0.4, -0.2) is 15.0 Å². The summed E-state index contributed by atoms with van der Waals surface area (Å²) in [5.74, 6) is 0.473. The summed E-state index contributed by atoms with van der Waals surface area (Å²) in [5, 5.41) is 0. The molecule has 1 aromatic carbocycles.